The summed E-state index contributed by atoms with van der Waals surface area (Å²) < 4.78 is 5.66. The lowest BCUT2D eigenvalue weighted by Crippen LogP contribution is -1.80. The van der Waals surface area contributed by atoms with Crippen molar-refractivity contribution in [2.75, 3.05) is 0 Å². The number of rotatable bonds is 1. The average Bonchev–Trinajstić information content (AvgIpc) is 3.07. The van der Waals surface area contributed by atoms with E-state index in [0.717, 1.165) is 5.39 Å². The molecule has 0 unspecified atom stereocenters. The number of nitrogens with one attached hydrogen (secondary N) is 1. The number of tetrazole rings is 1. The van der Waals surface area contributed by atoms with Crippen LogP contribution in [0, 0.1) is 0 Å². The van der Waals surface area contributed by atoms with Gasteiger partial charge in [0.1, 0.15) is 11.0 Å². The lowest BCUT2D eigenvalue weighted by molar-refractivity contribution is 0.615. The van der Waals surface area contributed by atoms with E-state index in [1.165, 1.54) is 0 Å². The van der Waals surface area contributed by atoms with Crippen LogP contribution in [-0.2, 0) is 0 Å². The number of pyridine rings is 1. The zero-order valence-corrected chi connectivity index (χ0v) is 10.1. The molecule has 0 fully saturated rings. The average molecular weight is 273 g/mol. The van der Waals surface area contributed by atoms with Crippen LogP contribution in [0.1, 0.15) is 0 Å². The van der Waals surface area contributed by atoms with Crippen LogP contribution in [0.25, 0.3) is 33.7 Å². The van der Waals surface area contributed by atoms with Crippen molar-refractivity contribution in [1.82, 2.24) is 30.6 Å². The summed E-state index contributed by atoms with van der Waals surface area (Å²) in [6, 6.07) is 5.42. The molecule has 8 heteroatoms. The minimum absolute atomic E-state index is 0.276. The lowest BCUT2D eigenvalue weighted by Gasteiger charge is -1.98. The number of benzene rings is 1. The Bertz CT molecular complexity index is 885. The molecular weight excluding hydrogens is 268 g/mol. The van der Waals surface area contributed by atoms with E-state index in [4.69, 9.17) is 16.0 Å². The molecule has 4 rings (SSSR count). The highest BCUT2D eigenvalue weighted by atomic mass is 35.5. The molecule has 1 N–H and O–H groups in total. The van der Waals surface area contributed by atoms with Crippen molar-refractivity contribution in [3.8, 4) is 11.7 Å². The zero-order chi connectivity index (χ0) is 12.8. The van der Waals surface area contributed by atoms with Crippen molar-refractivity contribution in [3.63, 3.8) is 0 Å². The maximum absolute atomic E-state index is 6.20. The molecule has 0 atom stereocenters. The van der Waals surface area contributed by atoms with E-state index in [1.807, 2.05) is 12.1 Å². The Balaban J connectivity index is 2.11. The first-order chi connectivity index (χ1) is 9.33. The minimum Gasteiger partial charge on any atom is -0.431 e. The van der Waals surface area contributed by atoms with Gasteiger partial charge in [-0.25, -0.2) is 4.98 Å². The summed E-state index contributed by atoms with van der Waals surface area (Å²) >= 11 is 6.20. The smallest absolute Gasteiger partial charge is 0.270 e. The van der Waals surface area contributed by atoms with Crippen LogP contribution in [0.5, 0.6) is 0 Å². The normalized spacial score (nSPS) is 11.4. The van der Waals surface area contributed by atoms with Crippen molar-refractivity contribution >= 4 is 33.6 Å². The van der Waals surface area contributed by atoms with Gasteiger partial charge in [-0.15, -0.1) is 10.2 Å². The first kappa shape index (κ1) is 10.4. The van der Waals surface area contributed by atoms with Gasteiger partial charge < -0.3 is 4.42 Å². The maximum atomic E-state index is 6.20. The molecule has 0 spiro atoms. The van der Waals surface area contributed by atoms with Gasteiger partial charge in [0, 0.05) is 11.6 Å². The minimum atomic E-state index is 0.276. The van der Waals surface area contributed by atoms with E-state index in [-0.39, 0.29) is 11.7 Å². The Labute approximate surface area is 110 Å². The summed E-state index contributed by atoms with van der Waals surface area (Å²) in [4.78, 5) is 8.57. The molecule has 1 aromatic carbocycles. The third-order valence-electron chi connectivity index (χ3n) is 2.73. The van der Waals surface area contributed by atoms with Crippen molar-refractivity contribution in [1.29, 1.82) is 0 Å². The van der Waals surface area contributed by atoms with Crippen LogP contribution < -0.4 is 0 Å². The zero-order valence-electron chi connectivity index (χ0n) is 9.33. The SMILES string of the molecule is Clc1cc2nc(-c3nn[nH]n3)oc2c2ncccc12. The quantitative estimate of drug-likeness (QED) is 0.571. The second kappa shape index (κ2) is 3.72. The molecule has 7 nitrogen and oxygen atoms in total. The number of H-pyrrole nitrogens is 1. The Morgan fingerprint density at radius 2 is 2.26 bits per heavy atom. The highest BCUT2D eigenvalue weighted by Gasteiger charge is 2.16. The molecule has 4 aromatic rings. The number of hydrogen-bond acceptors (Lipinski definition) is 6. The topological polar surface area (TPSA) is 93.4 Å². The van der Waals surface area contributed by atoms with Crippen LogP contribution in [0.2, 0.25) is 5.02 Å². The predicted octanol–water partition coefficient (Wildman–Crippen LogP) is 2.21. The van der Waals surface area contributed by atoms with Crippen molar-refractivity contribution < 1.29 is 4.42 Å². The third-order valence-corrected chi connectivity index (χ3v) is 3.05. The van der Waals surface area contributed by atoms with Gasteiger partial charge in [0.2, 0.25) is 0 Å². The number of halogens is 1. The number of aromatic amines is 1. The number of fused-ring (bicyclic) bond motifs is 3. The van der Waals surface area contributed by atoms with Crippen molar-refractivity contribution in [2.24, 2.45) is 0 Å². The number of aromatic nitrogens is 6. The monoisotopic (exact) mass is 272 g/mol. The largest absolute Gasteiger partial charge is 0.431 e. The highest BCUT2D eigenvalue weighted by Crippen LogP contribution is 2.32. The van der Waals surface area contributed by atoms with Gasteiger partial charge in [-0.1, -0.05) is 11.6 Å². The van der Waals surface area contributed by atoms with Gasteiger partial charge in [0.15, 0.2) is 5.58 Å². The van der Waals surface area contributed by atoms with E-state index < -0.39 is 0 Å². The fourth-order valence-electron chi connectivity index (χ4n) is 1.92. The number of nitrogens with zero attached hydrogens (tertiary/aromatic N) is 5. The summed E-state index contributed by atoms with van der Waals surface area (Å²) in [5.74, 6) is 0.564. The summed E-state index contributed by atoms with van der Waals surface area (Å²) in [5, 5.41) is 14.9. The number of hydrogen-bond donors (Lipinski definition) is 1. The molecule has 19 heavy (non-hydrogen) atoms. The second-order valence-corrected chi connectivity index (χ2v) is 4.27. The van der Waals surface area contributed by atoms with Gasteiger partial charge in [-0.2, -0.15) is 5.21 Å². The molecule has 3 heterocycles. The van der Waals surface area contributed by atoms with Crippen LogP contribution >= 0.6 is 11.6 Å². The van der Waals surface area contributed by atoms with Crippen LogP contribution in [-0.4, -0.2) is 30.6 Å². The molecule has 0 bridgehead atoms. The molecule has 92 valence electrons. The Morgan fingerprint density at radius 3 is 3.11 bits per heavy atom. The lowest BCUT2D eigenvalue weighted by atomic mass is 10.2. The first-order valence-electron chi connectivity index (χ1n) is 5.40. The number of oxazole rings is 1. The molecule has 0 amide bonds. The van der Waals surface area contributed by atoms with Gasteiger partial charge in [-0.3, -0.25) is 4.98 Å². The van der Waals surface area contributed by atoms with Gasteiger partial charge in [0.05, 0.1) is 5.02 Å². The Kier molecular flexibility index (Phi) is 2.04. The van der Waals surface area contributed by atoms with E-state index in [9.17, 15) is 0 Å². The summed E-state index contributed by atoms with van der Waals surface area (Å²) in [6.45, 7) is 0. The molecule has 0 aliphatic carbocycles. The second-order valence-electron chi connectivity index (χ2n) is 3.86. The van der Waals surface area contributed by atoms with E-state index in [2.05, 4.69) is 30.6 Å². The van der Waals surface area contributed by atoms with Crippen LogP contribution in [0.15, 0.2) is 28.8 Å². The molecule has 0 radical (unpaired) electrons. The summed E-state index contributed by atoms with van der Waals surface area (Å²) in [7, 11) is 0. The molecule has 0 saturated carbocycles. The maximum Gasteiger partial charge on any atom is 0.270 e. The fraction of sp³-hybridized carbons (Fsp3) is 0. The fourth-order valence-corrected chi connectivity index (χ4v) is 2.18. The molecular formula is C11H5ClN6O. The van der Waals surface area contributed by atoms with E-state index in [1.54, 1.807) is 12.3 Å². The highest BCUT2D eigenvalue weighted by molar-refractivity contribution is 6.36. The summed E-state index contributed by atoms with van der Waals surface area (Å²) in [5.41, 5.74) is 1.82. The van der Waals surface area contributed by atoms with Crippen LogP contribution in [0.4, 0.5) is 0 Å². The van der Waals surface area contributed by atoms with Gasteiger partial charge >= 0.3 is 0 Å². The van der Waals surface area contributed by atoms with Crippen LogP contribution in [0.3, 0.4) is 0 Å². The van der Waals surface area contributed by atoms with E-state index >= 15 is 0 Å². The molecule has 0 aliphatic rings. The molecule has 0 aliphatic heterocycles. The standard InChI is InChI=1S/C11H5ClN6O/c12-6-4-7-9(8-5(6)2-1-3-13-8)19-11(14-7)10-15-17-18-16-10/h1-4H,(H,15,16,17,18). The molecule has 3 aromatic heterocycles. The van der Waals surface area contributed by atoms with E-state index in [0.29, 0.717) is 21.6 Å². The van der Waals surface area contributed by atoms with Crippen molar-refractivity contribution in [3.05, 3.63) is 29.4 Å². The Morgan fingerprint density at radius 1 is 1.32 bits per heavy atom. The van der Waals surface area contributed by atoms with Crippen molar-refractivity contribution in [2.45, 2.75) is 0 Å². The first-order valence-corrected chi connectivity index (χ1v) is 5.78. The van der Waals surface area contributed by atoms with Gasteiger partial charge in [-0.05, 0) is 23.4 Å². The van der Waals surface area contributed by atoms with Gasteiger partial charge in [0.25, 0.3) is 11.7 Å². The summed E-state index contributed by atoms with van der Waals surface area (Å²) in [6.07, 6.45) is 1.68. The molecule has 0 saturated heterocycles. The predicted molar refractivity (Wildman–Crippen MR) is 67.5 cm³/mol. The Hall–Kier alpha value is -2.54. The third kappa shape index (κ3) is 1.48.